The molecule has 1 atom stereocenters. The smallest absolute Gasteiger partial charge is 0.00187 e. The van der Waals surface area contributed by atoms with Crippen molar-refractivity contribution in [3.63, 3.8) is 0 Å². The second-order valence-corrected chi connectivity index (χ2v) is 4.31. The summed E-state index contributed by atoms with van der Waals surface area (Å²) in [6, 6.07) is 0. The maximum absolute atomic E-state index is 5.67. The second kappa shape index (κ2) is 9.47. The van der Waals surface area contributed by atoms with Gasteiger partial charge in [-0.05, 0) is 45.4 Å². The van der Waals surface area contributed by atoms with Crippen LogP contribution in [0.15, 0.2) is 0 Å². The molecule has 0 fully saturated rings. The Hall–Kier alpha value is -0.0800. The molecule has 86 valence electrons. The molecule has 2 N–H and O–H groups in total. The van der Waals surface area contributed by atoms with Gasteiger partial charge in [0.2, 0.25) is 0 Å². The predicted molar refractivity (Wildman–Crippen MR) is 64.5 cm³/mol. The van der Waals surface area contributed by atoms with Crippen molar-refractivity contribution in [2.45, 2.75) is 46.0 Å². The summed E-state index contributed by atoms with van der Waals surface area (Å²) in [7, 11) is 2.22. The molecule has 1 unspecified atom stereocenters. The fourth-order valence-electron chi connectivity index (χ4n) is 1.64. The molecule has 0 bridgehead atoms. The summed E-state index contributed by atoms with van der Waals surface area (Å²) in [5.74, 6) is 0.726. The molecule has 0 heterocycles. The molecule has 2 nitrogen and oxygen atoms in total. The third-order valence-electron chi connectivity index (χ3n) is 2.97. The molecule has 0 saturated carbocycles. The zero-order valence-electron chi connectivity index (χ0n) is 10.3. The van der Waals surface area contributed by atoms with Gasteiger partial charge in [0, 0.05) is 0 Å². The number of hydrogen-bond donors (Lipinski definition) is 1. The standard InChI is InChI=1S/C12H28N2/c1-4-6-7-9-14(3)10-8-12(5-2)11-13/h12H,4-11,13H2,1-3H3. The molecule has 0 spiro atoms. The monoisotopic (exact) mass is 200 g/mol. The first-order chi connectivity index (χ1) is 6.74. The van der Waals surface area contributed by atoms with Crippen molar-refractivity contribution in [1.82, 2.24) is 4.90 Å². The highest BCUT2D eigenvalue weighted by molar-refractivity contribution is 4.61. The Bertz CT molecular complexity index is 111. The van der Waals surface area contributed by atoms with Gasteiger partial charge in [0.1, 0.15) is 0 Å². The van der Waals surface area contributed by atoms with Gasteiger partial charge in [-0.3, -0.25) is 0 Å². The average molecular weight is 200 g/mol. The molecule has 0 saturated heterocycles. The zero-order chi connectivity index (χ0) is 10.8. The van der Waals surface area contributed by atoms with E-state index in [0.717, 1.165) is 12.5 Å². The quantitative estimate of drug-likeness (QED) is 0.579. The number of hydrogen-bond acceptors (Lipinski definition) is 2. The SMILES string of the molecule is CCCCCN(C)CCC(CC)CN. The summed E-state index contributed by atoms with van der Waals surface area (Å²) in [4.78, 5) is 2.44. The summed E-state index contributed by atoms with van der Waals surface area (Å²) in [5, 5.41) is 0. The molecule has 0 aromatic heterocycles. The minimum absolute atomic E-state index is 0.726. The predicted octanol–water partition coefficient (Wildman–Crippen LogP) is 2.48. The van der Waals surface area contributed by atoms with Crippen molar-refractivity contribution in [2.24, 2.45) is 11.7 Å². The van der Waals surface area contributed by atoms with Gasteiger partial charge in [-0.1, -0.05) is 33.1 Å². The van der Waals surface area contributed by atoms with E-state index in [-0.39, 0.29) is 0 Å². The normalized spacial score (nSPS) is 13.5. The van der Waals surface area contributed by atoms with Crippen LogP contribution in [0.4, 0.5) is 0 Å². The van der Waals surface area contributed by atoms with Gasteiger partial charge in [0.05, 0.1) is 0 Å². The first-order valence-electron chi connectivity index (χ1n) is 6.13. The van der Waals surface area contributed by atoms with Crippen LogP contribution in [0.1, 0.15) is 46.0 Å². The Morgan fingerprint density at radius 2 is 1.86 bits per heavy atom. The molecule has 0 aliphatic heterocycles. The van der Waals surface area contributed by atoms with Crippen LogP contribution in [0, 0.1) is 5.92 Å². The molecule has 0 rings (SSSR count). The Morgan fingerprint density at radius 3 is 2.36 bits per heavy atom. The molecule has 0 aromatic rings. The van der Waals surface area contributed by atoms with Crippen molar-refractivity contribution in [2.75, 3.05) is 26.7 Å². The molecular formula is C12H28N2. The van der Waals surface area contributed by atoms with E-state index in [1.807, 2.05) is 0 Å². The third kappa shape index (κ3) is 7.34. The van der Waals surface area contributed by atoms with Crippen LogP contribution in [0.5, 0.6) is 0 Å². The van der Waals surface area contributed by atoms with Crippen LogP contribution in [0.2, 0.25) is 0 Å². The molecule has 14 heavy (non-hydrogen) atoms. The lowest BCUT2D eigenvalue weighted by molar-refractivity contribution is 0.292. The highest BCUT2D eigenvalue weighted by Gasteiger charge is 2.05. The van der Waals surface area contributed by atoms with E-state index in [9.17, 15) is 0 Å². The van der Waals surface area contributed by atoms with E-state index in [1.165, 1.54) is 45.2 Å². The van der Waals surface area contributed by atoms with Gasteiger partial charge >= 0.3 is 0 Å². The Labute approximate surface area is 89.9 Å². The third-order valence-corrected chi connectivity index (χ3v) is 2.97. The number of nitrogens with zero attached hydrogens (tertiary/aromatic N) is 1. The lowest BCUT2D eigenvalue weighted by Crippen LogP contribution is -2.25. The van der Waals surface area contributed by atoms with E-state index in [1.54, 1.807) is 0 Å². The fraction of sp³-hybridized carbons (Fsp3) is 1.00. The van der Waals surface area contributed by atoms with Crippen molar-refractivity contribution in [3.8, 4) is 0 Å². The zero-order valence-corrected chi connectivity index (χ0v) is 10.3. The van der Waals surface area contributed by atoms with Crippen LogP contribution >= 0.6 is 0 Å². The largest absolute Gasteiger partial charge is 0.330 e. The van der Waals surface area contributed by atoms with Crippen molar-refractivity contribution in [1.29, 1.82) is 0 Å². The summed E-state index contributed by atoms with van der Waals surface area (Å²) in [6.45, 7) is 7.78. The fourth-order valence-corrected chi connectivity index (χ4v) is 1.64. The summed E-state index contributed by atoms with van der Waals surface area (Å²) in [5.41, 5.74) is 5.67. The molecular weight excluding hydrogens is 172 g/mol. The van der Waals surface area contributed by atoms with Gasteiger partial charge < -0.3 is 10.6 Å². The highest BCUT2D eigenvalue weighted by Crippen LogP contribution is 2.07. The lowest BCUT2D eigenvalue weighted by Gasteiger charge is -2.19. The molecule has 0 amide bonds. The lowest BCUT2D eigenvalue weighted by atomic mass is 10.0. The number of rotatable bonds is 9. The molecule has 0 aliphatic carbocycles. The first-order valence-corrected chi connectivity index (χ1v) is 6.13. The van der Waals surface area contributed by atoms with Gasteiger partial charge in [-0.2, -0.15) is 0 Å². The Balaban J connectivity index is 3.37. The topological polar surface area (TPSA) is 29.3 Å². The minimum atomic E-state index is 0.726. The van der Waals surface area contributed by atoms with Crippen LogP contribution in [0.25, 0.3) is 0 Å². The maximum atomic E-state index is 5.67. The molecule has 2 heteroatoms. The summed E-state index contributed by atoms with van der Waals surface area (Å²) >= 11 is 0. The Morgan fingerprint density at radius 1 is 1.14 bits per heavy atom. The van der Waals surface area contributed by atoms with E-state index in [2.05, 4.69) is 25.8 Å². The van der Waals surface area contributed by atoms with Crippen LogP contribution in [-0.4, -0.2) is 31.6 Å². The van der Waals surface area contributed by atoms with Crippen LogP contribution in [0.3, 0.4) is 0 Å². The summed E-state index contributed by atoms with van der Waals surface area (Å²) < 4.78 is 0. The Kier molecular flexibility index (Phi) is 9.42. The molecule has 0 radical (unpaired) electrons. The molecule has 0 aromatic carbocycles. The van der Waals surface area contributed by atoms with Gasteiger partial charge in [-0.15, -0.1) is 0 Å². The number of nitrogens with two attached hydrogens (primary N) is 1. The highest BCUT2D eigenvalue weighted by atomic mass is 15.1. The van der Waals surface area contributed by atoms with Crippen molar-refractivity contribution < 1.29 is 0 Å². The van der Waals surface area contributed by atoms with Gasteiger partial charge in [0.25, 0.3) is 0 Å². The van der Waals surface area contributed by atoms with Crippen LogP contribution in [-0.2, 0) is 0 Å². The van der Waals surface area contributed by atoms with E-state index in [0.29, 0.717) is 0 Å². The van der Waals surface area contributed by atoms with E-state index < -0.39 is 0 Å². The van der Waals surface area contributed by atoms with E-state index >= 15 is 0 Å². The number of unbranched alkanes of at least 4 members (excludes halogenated alkanes) is 2. The average Bonchev–Trinajstić information content (AvgIpc) is 2.20. The summed E-state index contributed by atoms with van der Waals surface area (Å²) in [6.07, 6.45) is 6.49. The van der Waals surface area contributed by atoms with E-state index in [4.69, 9.17) is 5.73 Å². The van der Waals surface area contributed by atoms with Gasteiger partial charge in [0.15, 0.2) is 0 Å². The molecule has 0 aliphatic rings. The minimum Gasteiger partial charge on any atom is -0.330 e. The maximum Gasteiger partial charge on any atom is -0.00187 e. The van der Waals surface area contributed by atoms with Crippen molar-refractivity contribution >= 4 is 0 Å². The first kappa shape index (κ1) is 13.9. The van der Waals surface area contributed by atoms with Crippen LogP contribution < -0.4 is 5.73 Å². The van der Waals surface area contributed by atoms with Crippen molar-refractivity contribution in [3.05, 3.63) is 0 Å². The van der Waals surface area contributed by atoms with Gasteiger partial charge in [-0.25, -0.2) is 0 Å². The second-order valence-electron chi connectivity index (χ2n) is 4.31.